The fourth-order valence-electron chi connectivity index (χ4n) is 2.28. The monoisotopic (exact) mass is 344 g/mol. The van der Waals surface area contributed by atoms with Crippen molar-refractivity contribution in [2.75, 3.05) is 32.1 Å². The highest BCUT2D eigenvalue weighted by Crippen LogP contribution is 2.65. The zero-order valence-electron chi connectivity index (χ0n) is 12.4. The van der Waals surface area contributed by atoms with E-state index in [4.69, 9.17) is 25.2 Å². The highest BCUT2D eigenvalue weighted by atomic mass is 35.5. The molecule has 0 N–H and O–H groups in total. The smallest absolute Gasteiger partial charge is 0.328 e. The molecule has 0 aromatic heterocycles. The standard InChI is InChI=1S/C12H23ClO5P2/c1-5-16-19(14)8-10(4)12(13)11(9-19)20(15,17-6-2)18-7-3/h11H,5-9H2,1-4H3. The molecule has 0 aliphatic carbocycles. The molecular formula is C12H23ClO5P2. The lowest BCUT2D eigenvalue weighted by Gasteiger charge is -2.33. The predicted octanol–water partition coefficient (Wildman–Crippen LogP) is 4.46. The van der Waals surface area contributed by atoms with E-state index in [0.717, 1.165) is 5.57 Å². The van der Waals surface area contributed by atoms with E-state index in [1.807, 2.05) is 0 Å². The van der Waals surface area contributed by atoms with Crippen LogP contribution in [-0.2, 0) is 22.7 Å². The first-order valence-corrected chi connectivity index (χ1v) is 10.8. The van der Waals surface area contributed by atoms with Crippen LogP contribution in [0.2, 0.25) is 0 Å². The van der Waals surface area contributed by atoms with Gasteiger partial charge in [0.25, 0.3) is 0 Å². The first-order valence-electron chi connectivity index (χ1n) is 6.78. The fraction of sp³-hybridized carbons (Fsp3) is 0.833. The molecule has 118 valence electrons. The van der Waals surface area contributed by atoms with Crippen LogP contribution in [-0.4, -0.2) is 37.8 Å². The van der Waals surface area contributed by atoms with Gasteiger partial charge in [0.15, 0.2) is 0 Å². The molecule has 1 aliphatic heterocycles. The second-order valence-electron chi connectivity index (χ2n) is 4.59. The van der Waals surface area contributed by atoms with Gasteiger partial charge < -0.3 is 13.6 Å². The second kappa shape index (κ2) is 7.58. The van der Waals surface area contributed by atoms with Gasteiger partial charge in [0.2, 0.25) is 7.37 Å². The maximum Gasteiger partial charge on any atom is 0.339 e. The van der Waals surface area contributed by atoms with Crippen LogP contribution in [0.3, 0.4) is 0 Å². The zero-order chi connectivity index (χ0) is 15.4. The summed E-state index contributed by atoms with van der Waals surface area (Å²) in [7, 11) is -6.32. The molecule has 0 saturated heterocycles. The number of hydrogen-bond donors (Lipinski definition) is 0. The summed E-state index contributed by atoms with van der Waals surface area (Å²) in [6.07, 6.45) is 0.405. The maximum absolute atomic E-state index is 12.9. The summed E-state index contributed by atoms with van der Waals surface area (Å²) < 4.78 is 41.7. The topological polar surface area (TPSA) is 61.8 Å². The van der Waals surface area contributed by atoms with Crippen molar-refractivity contribution in [2.24, 2.45) is 0 Å². The molecule has 0 radical (unpaired) electrons. The van der Waals surface area contributed by atoms with E-state index >= 15 is 0 Å². The van der Waals surface area contributed by atoms with Crippen LogP contribution in [0, 0.1) is 0 Å². The van der Waals surface area contributed by atoms with Gasteiger partial charge in [0, 0.05) is 17.4 Å². The predicted molar refractivity (Wildman–Crippen MR) is 82.2 cm³/mol. The minimum Gasteiger partial charge on any atom is -0.328 e. The van der Waals surface area contributed by atoms with Gasteiger partial charge in [0.1, 0.15) is 5.66 Å². The molecule has 1 rings (SSSR count). The molecule has 2 atom stereocenters. The Morgan fingerprint density at radius 2 is 1.80 bits per heavy atom. The first-order chi connectivity index (χ1) is 9.32. The summed E-state index contributed by atoms with van der Waals surface area (Å²) in [6.45, 7) is 7.88. The van der Waals surface area contributed by atoms with Crippen molar-refractivity contribution in [3.8, 4) is 0 Å². The van der Waals surface area contributed by atoms with Gasteiger partial charge in [-0.15, -0.1) is 0 Å². The Kier molecular flexibility index (Phi) is 6.98. The summed E-state index contributed by atoms with van der Waals surface area (Å²) >= 11 is 6.29. The Hall–Kier alpha value is 0.370. The van der Waals surface area contributed by atoms with Crippen molar-refractivity contribution in [1.29, 1.82) is 0 Å². The summed E-state index contributed by atoms with van der Waals surface area (Å²) in [5, 5.41) is 0.432. The normalized spacial score (nSPS) is 27.9. The molecule has 0 bridgehead atoms. The SMILES string of the molecule is CCOP1(=O)CC(C)=C(Cl)C(P(=O)(OCC)OCC)C1. The number of halogens is 1. The number of allylic oxidation sites excluding steroid dienone is 2. The van der Waals surface area contributed by atoms with E-state index in [-0.39, 0.29) is 19.4 Å². The lowest BCUT2D eigenvalue weighted by Crippen LogP contribution is -2.25. The van der Waals surface area contributed by atoms with Crippen LogP contribution in [0.15, 0.2) is 10.6 Å². The molecule has 0 aromatic rings. The van der Waals surface area contributed by atoms with Crippen molar-refractivity contribution < 1.29 is 22.7 Å². The van der Waals surface area contributed by atoms with Gasteiger partial charge >= 0.3 is 7.60 Å². The minimum absolute atomic E-state index is 0.105. The van der Waals surface area contributed by atoms with E-state index in [1.165, 1.54) is 0 Å². The molecule has 0 spiro atoms. The van der Waals surface area contributed by atoms with Gasteiger partial charge in [-0.05, 0) is 33.3 Å². The third-order valence-corrected chi connectivity index (χ3v) is 9.07. The molecule has 5 nitrogen and oxygen atoms in total. The second-order valence-corrected chi connectivity index (χ2v) is 9.79. The maximum atomic E-state index is 12.9. The number of rotatable bonds is 7. The molecule has 0 aromatic carbocycles. The first kappa shape index (κ1) is 18.4. The van der Waals surface area contributed by atoms with Crippen molar-refractivity contribution in [1.82, 2.24) is 0 Å². The Labute approximate surface area is 126 Å². The Bertz CT molecular complexity index is 453. The van der Waals surface area contributed by atoms with Crippen molar-refractivity contribution in [2.45, 2.75) is 33.4 Å². The van der Waals surface area contributed by atoms with Gasteiger partial charge in [-0.1, -0.05) is 11.6 Å². The average molecular weight is 345 g/mol. The number of hydrogen-bond acceptors (Lipinski definition) is 5. The van der Waals surface area contributed by atoms with Gasteiger partial charge in [-0.3, -0.25) is 9.13 Å². The van der Waals surface area contributed by atoms with Crippen molar-refractivity contribution >= 4 is 26.6 Å². The van der Waals surface area contributed by atoms with Crippen molar-refractivity contribution in [3.63, 3.8) is 0 Å². The van der Waals surface area contributed by atoms with Gasteiger partial charge in [-0.25, -0.2) is 0 Å². The van der Waals surface area contributed by atoms with Crippen LogP contribution in [0.1, 0.15) is 27.7 Å². The van der Waals surface area contributed by atoms with Gasteiger partial charge in [-0.2, -0.15) is 0 Å². The molecule has 8 heteroatoms. The molecule has 1 heterocycles. The lowest BCUT2D eigenvalue weighted by atomic mass is 10.2. The van der Waals surface area contributed by atoms with E-state index in [0.29, 0.717) is 17.8 Å². The van der Waals surface area contributed by atoms with E-state index in [2.05, 4.69) is 0 Å². The highest BCUT2D eigenvalue weighted by molar-refractivity contribution is 7.62. The molecule has 0 amide bonds. The Balaban J connectivity index is 3.16. The highest BCUT2D eigenvalue weighted by Gasteiger charge is 2.46. The quantitative estimate of drug-likeness (QED) is 0.638. The average Bonchev–Trinajstić information content (AvgIpc) is 2.34. The molecule has 20 heavy (non-hydrogen) atoms. The van der Waals surface area contributed by atoms with Crippen LogP contribution in [0.4, 0.5) is 0 Å². The summed E-state index contributed by atoms with van der Waals surface area (Å²) in [5.41, 5.74) is 0.0366. The van der Waals surface area contributed by atoms with Crippen LogP contribution < -0.4 is 0 Å². The molecule has 1 aliphatic rings. The van der Waals surface area contributed by atoms with Crippen LogP contribution >= 0.6 is 26.6 Å². The molecule has 0 saturated carbocycles. The Morgan fingerprint density at radius 3 is 2.25 bits per heavy atom. The molecule has 0 fully saturated rings. The Morgan fingerprint density at radius 1 is 1.25 bits per heavy atom. The molecular weight excluding hydrogens is 322 g/mol. The van der Waals surface area contributed by atoms with E-state index < -0.39 is 20.6 Å². The minimum atomic E-state index is -3.43. The third-order valence-electron chi connectivity index (χ3n) is 2.99. The summed E-state index contributed by atoms with van der Waals surface area (Å²) in [4.78, 5) is 0. The van der Waals surface area contributed by atoms with Crippen molar-refractivity contribution in [3.05, 3.63) is 10.6 Å². The van der Waals surface area contributed by atoms with Gasteiger partial charge in [0.05, 0.1) is 19.8 Å². The largest absolute Gasteiger partial charge is 0.339 e. The third kappa shape index (κ3) is 4.19. The molecule has 2 unspecified atom stereocenters. The van der Waals surface area contributed by atoms with Crippen LogP contribution in [0.5, 0.6) is 0 Å². The van der Waals surface area contributed by atoms with E-state index in [1.54, 1.807) is 27.7 Å². The van der Waals surface area contributed by atoms with Crippen LogP contribution in [0.25, 0.3) is 0 Å². The van der Waals surface area contributed by atoms with E-state index in [9.17, 15) is 9.13 Å². The summed E-state index contributed by atoms with van der Waals surface area (Å²) in [5.74, 6) is 0. The summed E-state index contributed by atoms with van der Waals surface area (Å²) in [6, 6.07) is 0. The zero-order valence-corrected chi connectivity index (χ0v) is 15.0. The lowest BCUT2D eigenvalue weighted by molar-refractivity contribution is 0.215. The fourth-order valence-corrected chi connectivity index (χ4v) is 8.58.